The van der Waals surface area contributed by atoms with Crippen LogP contribution in [0.3, 0.4) is 0 Å². The molecule has 0 atom stereocenters. The fourth-order valence-electron chi connectivity index (χ4n) is 2.37. The van der Waals surface area contributed by atoms with Crippen molar-refractivity contribution in [3.8, 4) is 0 Å². The third kappa shape index (κ3) is 4.77. The van der Waals surface area contributed by atoms with Crippen LogP contribution in [0.4, 0.5) is 15.9 Å². The molecule has 0 bridgehead atoms. The minimum atomic E-state index is -0.369. The maximum Gasteiger partial charge on any atom is 0.274 e. The normalized spacial score (nSPS) is 10.4. The van der Waals surface area contributed by atoms with Gasteiger partial charge in [-0.1, -0.05) is 35.9 Å². The average molecular weight is 371 g/mol. The largest absolute Gasteiger partial charge is 0.370 e. The summed E-state index contributed by atoms with van der Waals surface area (Å²) < 4.78 is 13.6. The van der Waals surface area contributed by atoms with E-state index in [0.29, 0.717) is 35.1 Å². The zero-order valence-electron chi connectivity index (χ0n) is 13.7. The van der Waals surface area contributed by atoms with Gasteiger partial charge in [-0.15, -0.1) is 0 Å². The van der Waals surface area contributed by atoms with Gasteiger partial charge in [-0.3, -0.25) is 4.79 Å². The first-order valence-electron chi connectivity index (χ1n) is 7.98. The lowest BCUT2D eigenvalue weighted by Crippen LogP contribution is -2.15. The van der Waals surface area contributed by atoms with E-state index in [2.05, 4.69) is 20.6 Å². The monoisotopic (exact) mass is 370 g/mol. The summed E-state index contributed by atoms with van der Waals surface area (Å²) in [5, 5.41) is 6.32. The lowest BCUT2D eigenvalue weighted by Gasteiger charge is -2.08. The highest BCUT2D eigenvalue weighted by atomic mass is 35.5. The van der Waals surface area contributed by atoms with Crippen LogP contribution in [0.5, 0.6) is 0 Å². The van der Waals surface area contributed by atoms with Crippen LogP contribution < -0.4 is 10.6 Å². The van der Waals surface area contributed by atoms with Gasteiger partial charge in [0.25, 0.3) is 5.91 Å². The van der Waals surface area contributed by atoms with Crippen molar-refractivity contribution < 1.29 is 9.18 Å². The number of carbonyl (C=O) groups is 1. The van der Waals surface area contributed by atoms with E-state index in [1.807, 2.05) is 0 Å². The number of nitrogens with one attached hydrogen (secondary N) is 2. The van der Waals surface area contributed by atoms with Gasteiger partial charge in [0.05, 0.1) is 0 Å². The fourth-order valence-corrected chi connectivity index (χ4v) is 2.56. The maximum absolute atomic E-state index is 13.6. The molecule has 1 heterocycles. The number of carbonyl (C=O) groups excluding carboxylic acids is 1. The number of benzene rings is 2. The maximum atomic E-state index is 13.6. The van der Waals surface area contributed by atoms with Gasteiger partial charge in [0.15, 0.2) is 0 Å². The molecule has 1 amide bonds. The van der Waals surface area contributed by atoms with E-state index in [0.717, 1.165) is 0 Å². The number of aromatic nitrogens is 2. The molecule has 7 heteroatoms. The van der Waals surface area contributed by atoms with Crippen molar-refractivity contribution in [2.24, 2.45) is 0 Å². The zero-order chi connectivity index (χ0) is 18.4. The Morgan fingerprint density at radius 1 is 1.08 bits per heavy atom. The molecule has 2 N–H and O–H groups in total. The number of amides is 1. The quantitative estimate of drug-likeness (QED) is 0.683. The van der Waals surface area contributed by atoms with Gasteiger partial charge in [-0.2, -0.15) is 0 Å². The zero-order valence-corrected chi connectivity index (χ0v) is 14.5. The first-order valence-corrected chi connectivity index (χ1v) is 8.36. The Bertz CT molecular complexity index is 919. The molecule has 0 saturated heterocycles. The molecule has 0 aliphatic rings. The molecule has 0 saturated carbocycles. The predicted molar refractivity (Wildman–Crippen MR) is 100 cm³/mol. The summed E-state index contributed by atoms with van der Waals surface area (Å²) in [5.41, 5.74) is 1.41. The van der Waals surface area contributed by atoms with Crippen LogP contribution >= 0.6 is 11.6 Å². The van der Waals surface area contributed by atoms with Crippen LogP contribution in [-0.2, 0) is 6.42 Å². The minimum absolute atomic E-state index is 0.216. The first-order chi connectivity index (χ1) is 12.6. The molecule has 5 nitrogen and oxygen atoms in total. The highest BCUT2D eigenvalue weighted by molar-refractivity contribution is 6.30. The third-order valence-corrected chi connectivity index (χ3v) is 3.88. The Labute approximate surface area is 155 Å². The Hall–Kier alpha value is -2.99. The number of halogens is 2. The van der Waals surface area contributed by atoms with Gasteiger partial charge in [-0.05, 0) is 36.2 Å². The average Bonchev–Trinajstić information content (AvgIpc) is 2.64. The lowest BCUT2D eigenvalue weighted by atomic mass is 10.1. The van der Waals surface area contributed by atoms with Gasteiger partial charge < -0.3 is 10.6 Å². The molecule has 0 aliphatic heterocycles. The van der Waals surface area contributed by atoms with E-state index in [1.165, 1.54) is 12.4 Å². The summed E-state index contributed by atoms with van der Waals surface area (Å²) in [6, 6.07) is 15.0. The van der Waals surface area contributed by atoms with Crippen molar-refractivity contribution in [3.63, 3.8) is 0 Å². The van der Waals surface area contributed by atoms with Crippen molar-refractivity contribution in [1.29, 1.82) is 0 Å². The molecule has 0 radical (unpaired) electrons. The van der Waals surface area contributed by atoms with Crippen molar-refractivity contribution in [3.05, 3.63) is 83.0 Å². The van der Waals surface area contributed by atoms with Crippen LogP contribution in [0, 0.1) is 5.82 Å². The topological polar surface area (TPSA) is 66.9 Å². The van der Waals surface area contributed by atoms with Crippen molar-refractivity contribution in [2.75, 3.05) is 17.2 Å². The van der Waals surface area contributed by atoms with Crippen LogP contribution in [-0.4, -0.2) is 22.4 Å². The summed E-state index contributed by atoms with van der Waals surface area (Å²) in [5.74, 6) is -0.113. The molecular weight excluding hydrogens is 355 g/mol. The van der Waals surface area contributed by atoms with Crippen LogP contribution in [0.2, 0.25) is 5.02 Å². The Morgan fingerprint density at radius 2 is 1.92 bits per heavy atom. The smallest absolute Gasteiger partial charge is 0.274 e. The molecule has 3 rings (SSSR count). The SMILES string of the molecule is O=C(Nc1cccc(Cl)c1)c1cc(NCCc2ccccc2F)ncn1. The van der Waals surface area contributed by atoms with Crippen LogP contribution in [0.15, 0.2) is 60.9 Å². The Morgan fingerprint density at radius 3 is 2.73 bits per heavy atom. The van der Waals surface area contributed by atoms with E-state index >= 15 is 0 Å². The second-order valence-corrected chi connectivity index (χ2v) is 5.96. The number of hydrogen-bond donors (Lipinski definition) is 2. The van der Waals surface area contributed by atoms with Crippen molar-refractivity contribution in [2.45, 2.75) is 6.42 Å². The van der Waals surface area contributed by atoms with E-state index in [-0.39, 0.29) is 17.4 Å². The highest BCUT2D eigenvalue weighted by Gasteiger charge is 2.09. The number of hydrogen-bond acceptors (Lipinski definition) is 4. The van der Waals surface area contributed by atoms with E-state index < -0.39 is 0 Å². The second kappa shape index (κ2) is 8.40. The summed E-state index contributed by atoms with van der Waals surface area (Å²) in [7, 11) is 0. The Kier molecular flexibility index (Phi) is 5.76. The first kappa shape index (κ1) is 17.8. The molecule has 26 heavy (non-hydrogen) atoms. The van der Waals surface area contributed by atoms with Crippen molar-refractivity contribution in [1.82, 2.24) is 9.97 Å². The lowest BCUT2D eigenvalue weighted by molar-refractivity contribution is 0.102. The molecule has 0 fully saturated rings. The van der Waals surface area contributed by atoms with Crippen LogP contribution in [0.25, 0.3) is 0 Å². The number of rotatable bonds is 6. The summed E-state index contributed by atoms with van der Waals surface area (Å²) in [4.78, 5) is 20.4. The molecule has 132 valence electrons. The fraction of sp³-hybridized carbons (Fsp3) is 0.105. The van der Waals surface area contributed by atoms with E-state index in [4.69, 9.17) is 11.6 Å². The van der Waals surface area contributed by atoms with Gasteiger partial charge >= 0.3 is 0 Å². The molecule has 3 aromatic rings. The predicted octanol–water partition coefficient (Wildman–Crippen LogP) is 4.18. The minimum Gasteiger partial charge on any atom is -0.370 e. The van der Waals surface area contributed by atoms with Gasteiger partial charge in [0, 0.05) is 23.3 Å². The molecule has 2 aromatic carbocycles. The van der Waals surface area contributed by atoms with Gasteiger partial charge in [0.1, 0.15) is 23.7 Å². The van der Waals surface area contributed by atoms with Crippen molar-refractivity contribution >= 4 is 29.0 Å². The Balaban J connectivity index is 1.60. The summed E-state index contributed by atoms with van der Waals surface area (Å²) >= 11 is 5.90. The van der Waals surface area contributed by atoms with Gasteiger partial charge in [-0.25, -0.2) is 14.4 Å². The molecule has 0 spiro atoms. The second-order valence-electron chi connectivity index (χ2n) is 5.52. The highest BCUT2D eigenvalue weighted by Crippen LogP contribution is 2.16. The molecule has 0 unspecified atom stereocenters. The summed E-state index contributed by atoms with van der Waals surface area (Å²) in [6.45, 7) is 0.479. The summed E-state index contributed by atoms with van der Waals surface area (Å²) in [6.07, 6.45) is 1.80. The number of anilines is 2. The molecular formula is C19H16ClFN4O. The molecule has 1 aromatic heterocycles. The van der Waals surface area contributed by atoms with Crippen LogP contribution in [0.1, 0.15) is 16.1 Å². The number of nitrogens with zero attached hydrogens (tertiary/aromatic N) is 2. The third-order valence-electron chi connectivity index (χ3n) is 3.64. The van der Waals surface area contributed by atoms with E-state index in [1.54, 1.807) is 48.5 Å². The standard InChI is InChI=1S/C19H16ClFN4O/c20-14-5-3-6-15(10-14)25-19(26)17-11-18(24-12-23-17)22-9-8-13-4-1-2-7-16(13)21/h1-7,10-12H,8-9H2,(H,25,26)(H,22,23,24). The van der Waals surface area contributed by atoms with E-state index in [9.17, 15) is 9.18 Å². The molecule has 0 aliphatic carbocycles. The van der Waals surface area contributed by atoms with Gasteiger partial charge in [0.2, 0.25) is 0 Å².